The van der Waals surface area contributed by atoms with Crippen LogP contribution < -0.4 is 0 Å². The second-order valence-electron chi connectivity index (χ2n) is 10.8. The lowest BCUT2D eigenvalue weighted by molar-refractivity contribution is -0.148. The van der Waals surface area contributed by atoms with Crippen molar-refractivity contribution in [3.8, 4) is 5.69 Å². The average Bonchev–Trinajstić information content (AvgIpc) is 3.29. The van der Waals surface area contributed by atoms with Crippen molar-refractivity contribution in [2.75, 3.05) is 26.7 Å². The number of methoxy groups -OCH3 is 1. The fourth-order valence-corrected chi connectivity index (χ4v) is 4.47. The Hall–Kier alpha value is -3.54. The van der Waals surface area contributed by atoms with Gasteiger partial charge in [-0.15, -0.1) is 5.10 Å². The first-order valence-electron chi connectivity index (χ1n) is 12.5. The Balaban J connectivity index is 1.99. The van der Waals surface area contributed by atoms with Gasteiger partial charge in [0.1, 0.15) is 22.8 Å². The highest BCUT2D eigenvalue weighted by Crippen LogP contribution is 2.27. The Bertz CT molecular complexity index is 1160. The summed E-state index contributed by atoms with van der Waals surface area (Å²) in [7, 11) is 1.27. The Labute approximate surface area is 221 Å². The minimum absolute atomic E-state index is 0.0200. The first kappa shape index (κ1) is 29.0. The molecule has 0 aliphatic carbocycles. The zero-order chi connectivity index (χ0) is 28.2. The van der Waals surface area contributed by atoms with E-state index in [4.69, 9.17) is 9.47 Å². The van der Waals surface area contributed by atoms with Crippen LogP contribution in [0.1, 0.15) is 57.2 Å². The smallest absolute Gasteiger partial charge is 0.410 e. The first-order valence-corrected chi connectivity index (χ1v) is 12.5. The number of ether oxygens (including phenoxy) is 2. The third-order valence-electron chi connectivity index (χ3n) is 6.07. The molecular formula is C26H36FN5O6. The van der Waals surface area contributed by atoms with Crippen LogP contribution in [-0.2, 0) is 20.9 Å². The number of halogens is 1. The monoisotopic (exact) mass is 533 g/mol. The van der Waals surface area contributed by atoms with Crippen molar-refractivity contribution < 1.29 is 33.4 Å². The predicted octanol–water partition coefficient (Wildman–Crippen LogP) is 2.80. The fraction of sp³-hybridized carbons (Fsp3) is 0.577. The van der Waals surface area contributed by atoms with E-state index < -0.39 is 48.0 Å². The number of aliphatic hydroxyl groups excluding tert-OH is 1. The summed E-state index contributed by atoms with van der Waals surface area (Å²) >= 11 is 0. The number of hydrogen-bond acceptors (Lipinski definition) is 8. The molecule has 0 unspecified atom stereocenters. The summed E-state index contributed by atoms with van der Waals surface area (Å²) in [6, 6.07) is 5.24. The van der Waals surface area contributed by atoms with Crippen molar-refractivity contribution in [2.45, 2.75) is 59.3 Å². The molecule has 2 atom stereocenters. The molecule has 1 aromatic carbocycles. The predicted molar refractivity (Wildman–Crippen MR) is 135 cm³/mol. The van der Waals surface area contributed by atoms with Crippen molar-refractivity contribution in [1.29, 1.82) is 0 Å². The molecule has 38 heavy (non-hydrogen) atoms. The van der Waals surface area contributed by atoms with Crippen LogP contribution in [0.4, 0.5) is 9.18 Å². The minimum Gasteiger partial charge on any atom is -0.469 e. The molecule has 208 valence electrons. The molecule has 1 aliphatic rings. The molecule has 12 heteroatoms. The maximum atomic E-state index is 14.5. The molecule has 2 heterocycles. The molecule has 1 fully saturated rings. The minimum atomic E-state index is -0.751. The number of para-hydroxylation sites is 1. The molecule has 1 saturated heterocycles. The summed E-state index contributed by atoms with van der Waals surface area (Å²) in [6.07, 6.45) is -0.352. The Kier molecular flexibility index (Phi) is 9.08. The highest BCUT2D eigenvalue weighted by molar-refractivity contribution is 5.94. The van der Waals surface area contributed by atoms with E-state index in [0.29, 0.717) is 0 Å². The van der Waals surface area contributed by atoms with Crippen molar-refractivity contribution >= 4 is 18.0 Å². The van der Waals surface area contributed by atoms with Gasteiger partial charge in [-0.3, -0.25) is 9.59 Å². The van der Waals surface area contributed by atoms with E-state index in [1.165, 1.54) is 35.1 Å². The van der Waals surface area contributed by atoms with E-state index >= 15 is 0 Å². The number of piperidine rings is 1. The number of likely N-dealkylation sites (tertiary alicyclic amines) is 1. The van der Waals surface area contributed by atoms with E-state index in [0.717, 1.165) is 4.68 Å². The second-order valence-corrected chi connectivity index (χ2v) is 10.8. The van der Waals surface area contributed by atoms with E-state index in [9.17, 15) is 23.9 Å². The quantitative estimate of drug-likeness (QED) is 0.539. The first-order chi connectivity index (χ1) is 17.9. The Morgan fingerprint density at radius 1 is 1.21 bits per heavy atom. The summed E-state index contributed by atoms with van der Waals surface area (Å²) in [5.74, 6) is -2.30. The lowest BCUT2D eigenvalue weighted by Gasteiger charge is -2.42. The van der Waals surface area contributed by atoms with Gasteiger partial charge >= 0.3 is 12.1 Å². The van der Waals surface area contributed by atoms with Gasteiger partial charge < -0.3 is 24.4 Å². The molecule has 3 rings (SSSR count). The van der Waals surface area contributed by atoms with Crippen molar-refractivity contribution in [1.82, 2.24) is 24.8 Å². The molecular weight excluding hydrogens is 497 g/mol. The average molecular weight is 534 g/mol. The van der Waals surface area contributed by atoms with Gasteiger partial charge in [-0.1, -0.05) is 31.2 Å². The molecule has 11 nitrogen and oxygen atoms in total. The van der Waals surface area contributed by atoms with Gasteiger partial charge in [-0.05, 0) is 45.2 Å². The lowest BCUT2D eigenvalue weighted by Crippen LogP contribution is -2.57. The number of rotatable bonds is 7. The van der Waals surface area contributed by atoms with Crippen LogP contribution in [0, 0.1) is 17.7 Å². The number of esters is 1. The van der Waals surface area contributed by atoms with Crippen LogP contribution in [0.15, 0.2) is 24.3 Å². The van der Waals surface area contributed by atoms with Gasteiger partial charge in [-0.2, -0.15) is 0 Å². The number of amides is 2. The molecule has 0 spiro atoms. The van der Waals surface area contributed by atoms with Crippen LogP contribution in [0.25, 0.3) is 5.69 Å². The number of nitrogens with zero attached hydrogens (tertiary/aromatic N) is 5. The zero-order valence-electron chi connectivity index (χ0n) is 22.7. The fourth-order valence-electron chi connectivity index (χ4n) is 4.47. The van der Waals surface area contributed by atoms with Crippen LogP contribution in [0.2, 0.25) is 0 Å². The lowest BCUT2D eigenvalue weighted by atomic mass is 9.92. The van der Waals surface area contributed by atoms with Crippen molar-refractivity contribution in [2.24, 2.45) is 11.8 Å². The maximum Gasteiger partial charge on any atom is 0.410 e. The number of aromatic nitrogens is 3. The van der Waals surface area contributed by atoms with Crippen LogP contribution >= 0.6 is 0 Å². The molecule has 1 aromatic heterocycles. The molecule has 0 radical (unpaired) electrons. The van der Waals surface area contributed by atoms with E-state index in [1.54, 1.807) is 26.8 Å². The van der Waals surface area contributed by atoms with Crippen molar-refractivity contribution in [3.63, 3.8) is 0 Å². The number of carbonyl (C=O) groups excluding carboxylic acids is 3. The van der Waals surface area contributed by atoms with Crippen molar-refractivity contribution in [3.05, 3.63) is 41.5 Å². The SMILES string of the molecule is COC(=O)[C@@H]1C[C@H](N(CC(C)C)C(=O)c2nnn(-c3ccccc3F)c2CO)CN(C(=O)OC(C)(C)C)C1. The van der Waals surface area contributed by atoms with E-state index in [1.807, 2.05) is 13.8 Å². The summed E-state index contributed by atoms with van der Waals surface area (Å²) in [5, 5.41) is 18.1. The molecule has 0 bridgehead atoms. The van der Waals surface area contributed by atoms with Gasteiger partial charge in [-0.25, -0.2) is 13.9 Å². The second kappa shape index (κ2) is 11.9. The molecule has 0 saturated carbocycles. The molecule has 1 N–H and O–H groups in total. The number of hydrogen-bond donors (Lipinski definition) is 1. The van der Waals surface area contributed by atoms with E-state index in [2.05, 4.69) is 10.3 Å². The number of aliphatic hydroxyl groups is 1. The van der Waals surface area contributed by atoms with Gasteiger partial charge in [0, 0.05) is 19.6 Å². The standard InChI is InChI=1S/C26H36FN5O6/c1-16(2)12-31(18-11-17(24(35)37-6)13-30(14-18)25(36)38-26(3,4)5)23(34)22-21(15-33)32(29-28-22)20-10-8-7-9-19(20)27/h7-10,16-18,33H,11-15H2,1-6H3/t17-,18+/m1/s1. The normalized spacial score (nSPS) is 17.9. The van der Waals surface area contributed by atoms with Gasteiger partial charge in [0.2, 0.25) is 0 Å². The molecule has 2 aromatic rings. The largest absolute Gasteiger partial charge is 0.469 e. The third kappa shape index (κ3) is 6.66. The van der Waals surface area contributed by atoms with E-state index in [-0.39, 0.29) is 49.0 Å². The topological polar surface area (TPSA) is 127 Å². The highest BCUT2D eigenvalue weighted by atomic mass is 19.1. The maximum absolute atomic E-state index is 14.5. The summed E-state index contributed by atoms with van der Waals surface area (Å²) in [6.45, 7) is 8.96. The molecule has 1 aliphatic heterocycles. The zero-order valence-corrected chi connectivity index (χ0v) is 22.7. The Morgan fingerprint density at radius 3 is 2.47 bits per heavy atom. The summed E-state index contributed by atoms with van der Waals surface area (Å²) < 4.78 is 26.0. The summed E-state index contributed by atoms with van der Waals surface area (Å²) in [5.41, 5.74) is -0.823. The molecule has 2 amide bonds. The number of carbonyl (C=O) groups is 3. The van der Waals surface area contributed by atoms with Gasteiger partial charge in [0.05, 0.1) is 25.7 Å². The van der Waals surface area contributed by atoms with Crippen LogP contribution in [0.3, 0.4) is 0 Å². The Morgan fingerprint density at radius 2 is 1.89 bits per heavy atom. The third-order valence-corrected chi connectivity index (χ3v) is 6.07. The van der Waals surface area contributed by atoms with Gasteiger partial charge in [0.15, 0.2) is 5.69 Å². The van der Waals surface area contributed by atoms with Crippen LogP contribution in [-0.4, -0.2) is 86.3 Å². The highest BCUT2D eigenvalue weighted by Gasteiger charge is 2.41. The van der Waals surface area contributed by atoms with Crippen LogP contribution in [0.5, 0.6) is 0 Å². The number of benzene rings is 1. The van der Waals surface area contributed by atoms with Gasteiger partial charge in [0.25, 0.3) is 5.91 Å². The summed E-state index contributed by atoms with van der Waals surface area (Å²) in [4.78, 5) is 42.3.